The molecular weight excluding hydrogens is 240 g/mol. The largest absolute Gasteiger partial charge is 0.383 e. The zero-order chi connectivity index (χ0) is 13.7. The van der Waals surface area contributed by atoms with Crippen LogP contribution in [-0.4, -0.2) is 36.5 Å². The van der Waals surface area contributed by atoms with E-state index in [0.717, 1.165) is 39.1 Å². The third-order valence-electron chi connectivity index (χ3n) is 3.67. The summed E-state index contributed by atoms with van der Waals surface area (Å²) in [4.78, 5) is 0. The van der Waals surface area contributed by atoms with Crippen LogP contribution in [0.5, 0.6) is 0 Å². The molecule has 1 fully saturated rings. The van der Waals surface area contributed by atoms with E-state index in [1.54, 1.807) is 7.11 Å². The third kappa shape index (κ3) is 4.34. The summed E-state index contributed by atoms with van der Waals surface area (Å²) in [5.74, 6) is 0. The van der Waals surface area contributed by atoms with Crippen LogP contribution in [-0.2, 0) is 22.6 Å². The average molecular weight is 266 g/mol. The van der Waals surface area contributed by atoms with E-state index in [2.05, 4.69) is 42.1 Å². The second kappa shape index (κ2) is 6.55. The van der Waals surface area contributed by atoms with Gasteiger partial charge in [-0.25, -0.2) is 0 Å². The molecule has 0 aromatic carbocycles. The Balaban J connectivity index is 1.82. The Morgan fingerprint density at radius 3 is 3.05 bits per heavy atom. The van der Waals surface area contributed by atoms with Crippen LogP contribution in [0.3, 0.4) is 0 Å². The molecule has 0 spiro atoms. The summed E-state index contributed by atoms with van der Waals surface area (Å²) in [5, 5.41) is 3.38. The van der Waals surface area contributed by atoms with Crippen molar-refractivity contribution in [3.63, 3.8) is 0 Å². The molecule has 1 aliphatic heterocycles. The minimum Gasteiger partial charge on any atom is -0.383 e. The number of ether oxygens (including phenoxy) is 2. The third-order valence-corrected chi connectivity index (χ3v) is 3.67. The molecule has 4 nitrogen and oxygen atoms in total. The normalized spacial score (nSPS) is 21.9. The smallest absolute Gasteiger partial charge is 0.0762 e. The molecule has 1 N–H and O–H groups in total. The van der Waals surface area contributed by atoms with E-state index in [1.165, 1.54) is 5.69 Å². The van der Waals surface area contributed by atoms with Crippen molar-refractivity contribution in [3.8, 4) is 0 Å². The summed E-state index contributed by atoms with van der Waals surface area (Å²) in [6.45, 7) is 7.82. The number of nitrogens with one attached hydrogen (secondary N) is 1. The summed E-state index contributed by atoms with van der Waals surface area (Å²) >= 11 is 0. The maximum atomic E-state index is 6.06. The fraction of sp³-hybridized carbons (Fsp3) is 0.733. The lowest BCUT2D eigenvalue weighted by Crippen LogP contribution is -2.25. The van der Waals surface area contributed by atoms with Gasteiger partial charge in [-0.1, -0.05) is 0 Å². The van der Waals surface area contributed by atoms with Gasteiger partial charge in [0.15, 0.2) is 0 Å². The highest BCUT2D eigenvalue weighted by atomic mass is 16.5. The quantitative estimate of drug-likeness (QED) is 0.768. The van der Waals surface area contributed by atoms with Gasteiger partial charge in [-0.15, -0.1) is 0 Å². The van der Waals surface area contributed by atoms with Crippen molar-refractivity contribution in [2.24, 2.45) is 0 Å². The zero-order valence-corrected chi connectivity index (χ0v) is 12.3. The highest BCUT2D eigenvalue weighted by Gasteiger charge is 2.31. The van der Waals surface area contributed by atoms with Crippen LogP contribution in [0.4, 0.5) is 0 Å². The van der Waals surface area contributed by atoms with Crippen LogP contribution < -0.4 is 5.32 Å². The summed E-state index contributed by atoms with van der Waals surface area (Å²) in [7, 11) is 1.73. The Bertz CT molecular complexity index is 387. The van der Waals surface area contributed by atoms with Crippen molar-refractivity contribution >= 4 is 0 Å². The Morgan fingerprint density at radius 1 is 1.53 bits per heavy atom. The molecule has 0 bridgehead atoms. The van der Waals surface area contributed by atoms with Gasteiger partial charge in [-0.05, 0) is 38.8 Å². The van der Waals surface area contributed by atoms with Crippen molar-refractivity contribution in [3.05, 3.63) is 24.0 Å². The predicted molar refractivity (Wildman–Crippen MR) is 76.2 cm³/mol. The number of hydrogen-bond donors (Lipinski definition) is 1. The molecule has 0 aliphatic carbocycles. The van der Waals surface area contributed by atoms with E-state index < -0.39 is 0 Å². The molecule has 0 radical (unpaired) electrons. The number of hydrogen-bond acceptors (Lipinski definition) is 3. The van der Waals surface area contributed by atoms with Gasteiger partial charge < -0.3 is 19.4 Å². The molecular formula is C15H26N2O2. The highest BCUT2D eigenvalue weighted by Crippen LogP contribution is 2.30. The molecule has 2 heterocycles. The molecule has 0 amide bonds. The molecule has 4 heteroatoms. The van der Waals surface area contributed by atoms with Crippen molar-refractivity contribution in [1.29, 1.82) is 0 Å². The molecule has 1 aromatic heterocycles. The van der Waals surface area contributed by atoms with Crippen LogP contribution in [0.2, 0.25) is 0 Å². The fourth-order valence-electron chi connectivity index (χ4n) is 2.60. The zero-order valence-electron chi connectivity index (χ0n) is 12.3. The van der Waals surface area contributed by atoms with Crippen LogP contribution in [0.15, 0.2) is 18.3 Å². The first-order valence-corrected chi connectivity index (χ1v) is 7.12. The lowest BCUT2D eigenvalue weighted by Gasteiger charge is -2.20. The number of nitrogens with zero attached hydrogens (tertiary/aromatic N) is 1. The van der Waals surface area contributed by atoms with Gasteiger partial charge >= 0.3 is 0 Å². The second-order valence-electron chi connectivity index (χ2n) is 5.86. The van der Waals surface area contributed by atoms with Crippen LogP contribution in [0.25, 0.3) is 0 Å². The standard InChI is InChI=1S/C15H26N2O2/c1-15(2)7-6-14(19-15)12-17-9-4-5-13(17)11-16-8-10-18-3/h4-5,9,14,16H,6-8,10-12H2,1-3H3. The van der Waals surface area contributed by atoms with Gasteiger partial charge in [0, 0.05) is 38.6 Å². The monoisotopic (exact) mass is 266 g/mol. The van der Waals surface area contributed by atoms with E-state index in [9.17, 15) is 0 Å². The molecule has 1 aromatic rings. The number of rotatable bonds is 7. The average Bonchev–Trinajstić information content (AvgIpc) is 2.92. The fourth-order valence-corrected chi connectivity index (χ4v) is 2.60. The van der Waals surface area contributed by atoms with E-state index in [4.69, 9.17) is 9.47 Å². The Kier molecular flexibility index (Phi) is 5.02. The Morgan fingerprint density at radius 2 is 2.37 bits per heavy atom. The van der Waals surface area contributed by atoms with Crippen LogP contribution in [0.1, 0.15) is 32.4 Å². The van der Waals surface area contributed by atoms with Crippen LogP contribution >= 0.6 is 0 Å². The molecule has 1 saturated heterocycles. The first-order chi connectivity index (χ1) is 9.11. The molecule has 19 heavy (non-hydrogen) atoms. The van der Waals surface area contributed by atoms with Crippen molar-refractivity contribution in [2.45, 2.75) is 51.5 Å². The minimum absolute atomic E-state index is 0.0503. The van der Waals surface area contributed by atoms with Gasteiger partial charge in [0.1, 0.15) is 0 Å². The van der Waals surface area contributed by atoms with E-state index in [-0.39, 0.29) is 5.60 Å². The number of aromatic nitrogens is 1. The van der Waals surface area contributed by atoms with E-state index in [1.807, 2.05) is 0 Å². The number of methoxy groups -OCH3 is 1. The highest BCUT2D eigenvalue weighted by molar-refractivity contribution is 5.07. The Labute approximate surface area is 116 Å². The predicted octanol–water partition coefficient (Wildman–Crippen LogP) is 2.18. The SMILES string of the molecule is COCCNCc1cccn1CC1CCC(C)(C)O1. The topological polar surface area (TPSA) is 35.4 Å². The lowest BCUT2D eigenvalue weighted by atomic mass is 10.1. The first kappa shape index (κ1) is 14.6. The summed E-state index contributed by atoms with van der Waals surface area (Å²) in [6.07, 6.45) is 4.80. The van der Waals surface area contributed by atoms with Gasteiger partial charge in [0.2, 0.25) is 0 Å². The molecule has 2 rings (SSSR count). The van der Waals surface area contributed by atoms with Gasteiger partial charge in [-0.2, -0.15) is 0 Å². The second-order valence-corrected chi connectivity index (χ2v) is 5.86. The van der Waals surface area contributed by atoms with Gasteiger partial charge in [-0.3, -0.25) is 0 Å². The molecule has 108 valence electrons. The summed E-state index contributed by atoms with van der Waals surface area (Å²) in [6, 6.07) is 4.27. The van der Waals surface area contributed by atoms with Crippen LogP contribution in [0, 0.1) is 0 Å². The first-order valence-electron chi connectivity index (χ1n) is 7.12. The molecule has 1 aliphatic rings. The van der Waals surface area contributed by atoms with E-state index >= 15 is 0 Å². The molecule has 0 saturated carbocycles. The summed E-state index contributed by atoms with van der Waals surface area (Å²) < 4.78 is 13.4. The maximum Gasteiger partial charge on any atom is 0.0762 e. The molecule has 1 unspecified atom stereocenters. The lowest BCUT2D eigenvalue weighted by molar-refractivity contribution is -0.0219. The van der Waals surface area contributed by atoms with E-state index in [0.29, 0.717) is 6.10 Å². The van der Waals surface area contributed by atoms with Crippen molar-refractivity contribution in [2.75, 3.05) is 20.3 Å². The Hall–Kier alpha value is -0.840. The van der Waals surface area contributed by atoms with Crippen molar-refractivity contribution < 1.29 is 9.47 Å². The summed E-state index contributed by atoms with van der Waals surface area (Å²) in [5.41, 5.74) is 1.36. The van der Waals surface area contributed by atoms with Gasteiger partial charge in [0.05, 0.1) is 18.3 Å². The molecule has 1 atom stereocenters. The van der Waals surface area contributed by atoms with Crippen molar-refractivity contribution in [1.82, 2.24) is 9.88 Å². The maximum absolute atomic E-state index is 6.06. The van der Waals surface area contributed by atoms with Gasteiger partial charge in [0.25, 0.3) is 0 Å². The minimum atomic E-state index is 0.0503.